The van der Waals surface area contributed by atoms with E-state index in [1.54, 1.807) is 11.3 Å². The van der Waals surface area contributed by atoms with Gasteiger partial charge in [-0.15, -0.1) is 22.7 Å². The summed E-state index contributed by atoms with van der Waals surface area (Å²) in [5.74, 6) is 0.506. The molecule has 43 heavy (non-hydrogen) atoms. The van der Waals surface area contributed by atoms with Gasteiger partial charge in [0.25, 0.3) is 0 Å². The SMILES string of the molecule is O=C(CSc1nc2ccc(N=Cc3ccc(Br)cc3)cc2s1)Nc1ccc2nc(SCC(=O)c3ccc(Br)cc3)sc2c1. The van der Waals surface area contributed by atoms with Crippen LogP contribution in [0.4, 0.5) is 11.4 Å². The number of benzene rings is 4. The first kappa shape index (κ1) is 30.2. The predicted octanol–water partition coefficient (Wildman–Crippen LogP) is 9.89. The molecule has 2 heterocycles. The lowest BCUT2D eigenvalue weighted by atomic mass is 10.2. The maximum absolute atomic E-state index is 12.7. The summed E-state index contributed by atoms with van der Waals surface area (Å²) in [5.41, 5.74) is 4.99. The van der Waals surface area contributed by atoms with Crippen molar-refractivity contribution in [1.82, 2.24) is 9.97 Å². The number of aliphatic imine (C=N–C) groups is 1. The van der Waals surface area contributed by atoms with E-state index in [-0.39, 0.29) is 17.4 Å². The van der Waals surface area contributed by atoms with Crippen molar-refractivity contribution in [3.8, 4) is 0 Å². The van der Waals surface area contributed by atoms with Crippen molar-refractivity contribution < 1.29 is 9.59 Å². The Morgan fingerprint density at radius 3 is 2.07 bits per heavy atom. The summed E-state index contributed by atoms with van der Waals surface area (Å²) in [5, 5.41) is 2.98. The van der Waals surface area contributed by atoms with Gasteiger partial charge in [-0.05, 0) is 66.2 Å². The zero-order valence-electron chi connectivity index (χ0n) is 22.1. The maximum atomic E-state index is 12.7. The molecule has 0 aliphatic heterocycles. The van der Waals surface area contributed by atoms with Crippen molar-refractivity contribution in [2.75, 3.05) is 16.8 Å². The number of thioether (sulfide) groups is 2. The van der Waals surface area contributed by atoms with Gasteiger partial charge in [0.15, 0.2) is 14.5 Å². The Hall–Kier alpha value is -2.87. The number of hydrogen-bond acceptors (Lipinski definition) is 9. The van der Waals surface area contributed by atoms with Crippen LogP contribution in [0.3, 0.4) is 0 Å². The van der Waals surface area contributed by atoms with Gasteiger partial charge in [0.1, 0.15) is 0 Å². The Morgan fingerprint density at radius 1 is 0.767 bits per heavy atom. The zero-order chi connectivity index (χ0) is 29.8. The van der Waals surface area contributed by atoms with E-state index in [0.29, 0.717) is 17.0 Å². The average Bonchev–Trinajstić information content (AvgIpc) is 3.61. The van der Waals surface area contributed by atoms with Crippen LogP contribution in [0.5, 0.6) is 0 Å². The maximum Gasteiger partial charge on any atom is 0.234 e. The number of nitrogens with zero attached hydrogens (tertiary/aromatic N) is 3. The zero-order valence-corrected chi connectivity index (χ0v) is 28.6. The second kappa shape index (κ2) is 13.8. The lowest BCUT2D eigenvalue weighted by Crippen LogP contribution is -2.13. The summed E-state index contributed by atoms with van der Waals surface area (Å²) in [4.78, 5) is 39.1. The fourth-order valence-corrected chi connectivity index (χ4v) is 8.38. The lowest BCUT2D eigenvalue weighted by molar-refractivity contribution is -0.113. The highest BCUT2D eigenvalue weighted by Crippen LogP contribution is 2.33. The van der Waals surface area contributed by atoms with Crippen molar-refractivity contribution >= 4 is 128 Å². The van der Waals surface area contributed by atoms with E-state index >= 15 is 0 Å². The molecule has 214 valence electrons. The first-order valence-corrected chi connectivity index (χ1v) is 18.0. The Morgan fingerprint density at radius 2 is 1.37 bits per heavy atom. The molecule has 0 aliphatic rings. The molecule has 2 aromatic heterocycles. The first-order chi connectivity index (χ1) is 20.9. The van der Waals surface area contributed by atoms with E-state index in [9.17, 15) is 9.59 Å². The molecule has 0 bridgehead atoms. The molecule has 1 N–H and O–H groups in total. The molecule has 1 amide bonds. The topological polar surface area (TPSA) is 84.3 Å². The Balaban J connectivity index is 1.03. The quantitative estimate of drug-likeness (QED) is 0.0849. The van der Waals surface area contributed by atoms with Gasteiger partial charge in [-0.1, -0.05) is 79.6 Å². The van der Waals surface area contributed by atoms with Crippen LogP contribution in [0.15, 0.2) is 108 Å². The Bertz CT molecular complexity index is 1970. The number of thiazole rings is 2. The van der Waals surface area contributed by atoms with Crippen LogP contribution in [0.1, 0.15) is 15.9 Å². The molecule has 0 aliphatic carbocycles. The van der Waals surface area contributed by atoms with Gasteiger partial charge >= 0.3 is 0 Å². The molecule has 0 saturated carbocycles. The fraction of sp³-hybridized carbons (Fsp3) is 0.0645. The highest BCUT2D eigenvalue weighted by molar-refractivity contribution is 9.10. The number of fused-ring (bicyclic) bond motifs is 2. The van der Waals surface area contributed by atoms with Crippen LogP contribution in [0.25, 0.3) is 20.4 Å². The molecule has 12 heteroatoms. The number of amides is 1. The summed E-state index contributed by atoms with van der Waals surface area (Å²) >= 11 is 12.7. The number of carbonyl (C=O) groups is 2. The number of halogens is 2. The van der Waals surface area contributed by atoms with Crippen LogP contribution >= 0.6 is 78.1 Å². The summed E-state index contributed by atoms with van der Waals surface area (Å²) in [6.45, 7) is 0. The van der Waals surface area contributed by atoms with Crippen LogP contribution in [-0.4, -0.2) is 39.4 Å². The summed E-state index contributed by atoms with van der Waals surface area (Å²) < 4.78 is 5.59. The number of anilines is 1. The van der Waals surface area contributed by atoms with Crippen molar-refractivity contribution in [3.05, 3.63) is 105 Å². The Labute approximate surface area is 280 Å². The van der Waals surface area contributed by atoms with Gasteiger partial charge in [0.05, 0.1) is 37.6 Å². The minimum atomic E-state index is -0.109. The van der Waals surface area contributed by atoms with E-state index < -0.39 is 0 Å². The fourth-order valence-electron chi connectivity index (χ4n) is 3.95. The highest BCUT2D eigenvalue weighted by atomic mass is 79.9. The Kier molecular flexibility index (Phi) is 9.71. The smallest absolute Gasteiger partial charge is 0.234 e. The molecular weight excluding hydrogens is 748 g/mol. The molecular formula is C31H20Br2N4O2S4. The summed E-state index contributed by atoms with van der Waals surface area (Å²) in [6.07, 6.45) is 1.84. The van der Waals surface area contributed by atoms with Gasteiger partial charge in [-0.3, -0.25) is 14.6 Å². The first-order valence-electron chi connectivity index (χ1n) is 12.8. The molecule has 0 unspecified atom stereocenters. The molecule has 6 nitrogen and oxygen atoms in total. The highest BCUT2D eigenvalue weighted by Gasteiger charge is 2.12. The number of rotatable bonds is 10. The number of hydrogen-bond donors (Lipinski definition) is 1. The third-order valence-corrected chi connectivity index (χ3v) is 11.4. The molecule has 4 aromatic carbocycles. The largest absolute Gasteiger partial charge is 0.325 e. The monoisotopic (exact) mass is 766 g/mol. The minimum absolute atomic E-state index is 0.0565. The van der Waals surface area contributed by atoms with E-state index in [1.165, 1.54) is 34.9 Å². The van der Waals surface area contributed by atoms with Crippen molar-refractivity contribution in [1.29, 1.82) is 0 Å². The molecule has 0 spiro atoms. The summed E-state index contributed by atoms with van der Waals surface area (Å²) in [7, 11) is 0. The normalized spacial score (nSPS) is 11.5. The average molecular weight is 769 g/mol. The molecule has 0 atom stereocenters. The van der Waals surface area contributed by atoms with Crippen LogP contribution in [0.2, 0.25) is 0 Å². The molecule has 6 rings (SSSR count). The second-order valence-corrected chi connectivity index (χ2v) is 15.5. The molecule has 0 radical (unpaired) electrons. The number of carbonyl (C=O) groups excluding carboxylic acids is 2. The molecule has 0 fully saturated rings. The number of nitrogens with one attached hydrogen (secondary N) is 1. The van der Waals surface area contributed by atoms with Crippen LogP contribution in [0, 0.1) is 0 Å². The molecule has 0 saturated heterocycles. The van der Waals surface area contributed by atoms with Gasteiger partial charge in [0, 0.05) is 26.4 Å². The van der Waals surface area contributed by atoms with Crippen LogP contribution < -0.4 is 5.32 Å². The minimum Gasteiger partial charge on any atom is -0.325 e. The predicted molar refractivity (Wildman–Crippen MR) is 189 cm³/mol. The van der Waals surface area contributed by atoms with E-state index in [1.807, 2.05) is 91.1 Å². The number of Topliss-reactive ketones (excluding diaryl/α,β-unsaturated/α-hetero) is 1. The van der Waals surface area contributed by atoms with Crippen molar-refractivity contribution in [2.24, 2.45) is 4.99 Å². The van der Waals surface area contributed by atoms with Crippen molar-refractivity contribution in [2.45, 2.75) is 8.68 Å². The lowest BCUT2D eigenvalue weighted by Gasteiger charge is -2.03. The second-order valence-electron chi connectivity index (χ2n) is 9.16. The number of ketones is 1. The molecule has 6 aromatic rings. The standard InChI is InChI=1S/C31H20Br2N4O2S4/c32-20-5-1-18(2-6-20)15-34-22-9-11-24-27(13-22)42-31(37-24)41-17-29(39)35-23-10-12-25-28(14-23)43-30(36-25)40-16-26(38)19-3-7-21(33)8-4-19/h1-15H,16-17H2,(H,35,39). The summed E-state index contributed by atoms with van der Waals surface area (Å²) in [6, 6.07) is 26.9. The van der Waals surface area contributed by atoms with Crippen molar-refractivity contribution in [3.63, 3.8) is 0 Å². The van der Waals surface area contributed by atoms with Gasteiger partial charge < -0.3 is 5.32 Å². The van der Waals surface area contributed by atoms with Crippen LogP contribution in [-0.2, 0) is 4.79 Å². The van der Waals surface area contributed by atoms with E-state index in [4.69, 9.17) is 0 Å². The third-order valence-electron chi connectivity index (χ3n) is 6.06. The third kappa shape index (κ3) is 8.00. The number of aromatic nitrogens is 2. The van der Waals surface area contributed by atoms with E-state index in [2.05, 4.69) is 52.1 Å². The van der Waals surface area contributed by atoms with Gasteiger partial charge in [0.2, 0.25) is 5.91 Å². The van der Waals surface area contributed by atoms with Gasteiger partial charge in [-0.2, -0.15) is 0 Å². The van der Waals surface area contributed by atoms with Gasteiger partial charge in [-0.25, -0.2) is 9.97 Å². The van der Waals surface area contributed by atoms with E-state index in [0.717, 1.165) is 49.3 Å².